The van der Waals surface area contributed by atoms with Gasteiger partial charge in [0.25, 0.3) is 0 Å². The molecule has 76 valence electrons. The molecule has 0 spiro atoms. The van der Waals surface area contributed by atoms with Crippen molar-refractivity contribution in [1.82, 2.24) is 5.32 Å². The summed E-state index contributed by atoms with van der Waals surface area (Å²) in [4.78, 5) is 14.3. The van der Waals surface area contributed by atoms with Gasteiger partial charge in [0.2, 0.25) is 0 Å². The van der Waals surface area contributed by atoms with Crippen LogP contribution in [0, 0.1) is 0 Å². The van der Waals surface area contributed by atoms with Crippen LogP contribution in [-0.2, 0) is 9.53 Å². The average molecular weight is 195 g/mol. The molecule has 0 aromatic carbocycles. The second-order valence-corrected chi connectivity index (χ2v) is 2.85. The van der Waals surface area contributed by atoms with Crippen LogP contribution in [0.3, 0.4) is 0 Å². The summed E-state index contributed by atoms with van der Waals surface area (Å²) in [5.41, 5.74) is 9.46. The minimum absolute atomic E-state index is 0.0216. The van der Waals surface area contributed by atoms with Gasteiger partial charge in [-0.1, -0.05) is 6.08 Å². The highest BCUT2D eigenvalue weighted by Crippen LogP contribution is 2.06. The lowest BCUT2D eigenvalue weighted by Crippen LogP contribution is -2.28. The highest BCUT2D eigenvalue weighted by molar-refractivity contribution is 6.40. The number of rotatable bonds is 3. The second-order valence-electron chi connectivity index (χ2n) is 2.85. The van der Waals surface area contributed by atoms with Gasteiger partial charge in [0, 0.05) is 12.1 Å². The molecule has 0 saturated carbocycles. The molecule has 0 radical (unpaired) electrons. The Labute approximate surface area is 82.4 Å². The molecule has 1 N–H and O–H groups in total. The van der Waals surface area contributed by atoms with Gasteiger partial charge in [-0.25, -0.2) is 4.79 Å². The highest BCUT2D eigenvalue weighted by atomic mass is 16.5. The summed E-state index contributed by atoms with van der Waals surface area (Å²) in [7, 11) is 0. The molecule has 1 aliphatic rings. The van der Waals surface area contributed by atoms with E-state index < -0.39 is 5.97 Å². The lowest BCUT2D eigenvalue weighted by Gasteiger charge is -2.09. The van der Waals surface area contributed by atoms with Crippen molar-refractivity contribution in [3.63, 3.8) is 0 Å². The fourth-order valence-electron chi connectivity index (χ4n) is 1.27. The molecule has 0 bridgehead atoms. The van der Waals surface area contributed by atoms with E-state index in [1.807, 2.05) is 6.08 Å². The van der Waals surface area contributed by atoms with Gasteiger partial charge in [-0.2, -0.15) is 4.79 Å². The summed E-state index contributed by atoms with van der Waals surface area (Å²) >= 11 is 0. The van der Waals surface area contributed by atoms with Gasteiger partial charge < -0.3 is 15.6 Å². The van der Waals surface area contributed by atoms with Crippen LogP contribution in [0.1, 0.15) is 13.3 Å². The molecule has 5 heteroatoms. The number of hydrogen-bond acceptors (Lipinski definition) is 3. The van der Waals surface area contributed by atoms with Gasteiger partial charge >= 0.3 is 11.7 Å². The van der Waals surface area contributed by atoms with Crippen molar-refractivity contribution in [3.05, 3.63) is 17.2 Å². The monoisotopic (exact) mass is 195 g/mol. The predicted octanol–water partition coefficient (Wildman–Crippen LogP) is 0.140. The molecular weight excluding hydrogens is 182 g/mol. The van der Waals surface area contributed by atoms with Crippen LogP contribution < -0.4 is 5.32 Å². The first kappa shape index (κ1) is 10.6. The third-order valence-corrected chi connectivity index (χ3v) is 1.94. The van der Waals surface area contributed by atoms with Gasteiger partial charge in [-0.05, 0) is 19.9 Å². The van der Waals surface area contributed by atoms with E-state index in [4.69, 9.17) is 10.3 Å². The van der Waals surface area contributed by atoms with Crippen molar-refractivity contribution in [3.8, 4) is 0 Å². The van der Waals surface area contributed by atoms with Gasteiger partial charge in [0.15, 0.2) is 0 Å². The Kier molecular flexibility index (Phi) is 4.04. The minimum atomic E-state index is -0.567. The zero-order valence-electron chi connectivity index (χ0n) is 8.12. The summed E-state index contributed by atoms with van der Waals surface area (Å²) in [5.74, 6) is -0.567. The van der Waals surface area contributed by atoms with E-state index in [9.17, 15) is 4.79 Å². The van der Waals surface area contributed by atoms with E-state index in [1.54, 1.807) is 6.92 Å². The Morgan fingerprint density at radius 1 is 1.79 bits per heavy atom. The highest BCUT2D eigenvalue weighted by Gasteiger charge is 2.27. The number of esters is 1. The molecule has 0 aliphatic carbocycles. The Hall–Kier alpha value is -1.45. The van der Waals surface area contributed by atoms with Gasteiger partial charge in [0.05, 0.1) is 6.61 Å². The van der Waals surface area contributed by atoms with E-state index >= 15 is 0 Å². The van der Waals surface area contributed by atoms with E-state index in [-0.39, 0.29) is 12.3 Å². The predicted molar refractivity (Wildman–Crippen MR) is 50.8 cm³/mol. The van der Waals surface area contributed by atoms with Crippen molar-refractivity contribution >= 4 is 11.7 Å². The largest absolute Gasteiger partial charge is 0.457 e. The lowest BCUT2D eigenvalue weighted by atomic mass is 10.0. The topological polar surface area (TPSA) is 74.7 Å². The molecular formula is C9H13N3O2. The quantitative estimate of drug-likeness (QED) is 0.301. The maximum absolute atomic E-state index is 11.3. The Bertz CT molecular complexity index is 303. The normalized spacial score (nSPS) is 15.4. The third kappa shape index (κ3) is 2.52. The molecule has 0 saturated heterocycles. The van der Waals surface area contributed by atoms with Crippen molar-refractivity contribution in [2.75, 3.05) is 19.7 Å². The van der Waals surface area contributed by atoms with Crippen LogP contribution in [0.4, 0.5) is 0 Å². The zero-order chi connectivity index (χ0) is 10.4. The maximum Gasteiger partial charge on any atom is 0.421 e. The molecule has 1 rings (SSSR count). The molecule has 0 unspecified atom stereocenters. The summed E-state index contributed by atoms with van der Waals surface area (Å²) in [5, 5.41) is 3.10. The summed E-state index contributed by atoms with van der Waals surface area (Å²) in [6.45, 7) is 3.46. The second kappa shape index (κ2) is 5.32. The fraction of sp³-hybridized carbons (Fsp3) is 0.556. The van der Waals surface area contributed by atoms with Crippen LogP contribution in [0.2, 0.25) is 0 Å². The Morgan fingerprint density at radius 3 is 3.07 bits per heavy atom. The summed E-state index contributed by atoms with van der Waals surface area (Å²) < 4.78 is 4.76. The van der Waals surface area contributed by atoms with E-state index in [0.29, 0.717) is 13.0 Å². The standard InChI is InChI=1S/C9H13N3O2/c1-2-14-9(13)8(12-10)7-3-5-11-6-4-7/h3,11H,2,4-6H2,1H3. The molecule has 0 amide bonds. The van der Waals surface area contributed by atoms with Crippen LogP contribution in [0.15, 0.2) is 11.6 Å². The molecule has 0 fully saturated rings. The molecule has 14 heavy (non-hydrogen) atoms. The Balaban J connectivity index is 2.76. The van der Waals surface area contributed by atoms with Crippen molar-refractivity contribution in [2.24, 2.45) is 0 Å². The third-order valence-electron chi connectivity index (χ3n) is 1.94. The minimum Gasteiger partial charge on any atom is -0.457 e. The van der Waals surface area contributed by atoms with E-state index in [2.05, 4.69) is 10.1 Å². The maximum atomic E-state index is 11.3. The number of nitrogens with one attached hydrogen (secondary N) is 1. The Morgan fingerprint density at radius 2 is 2.57 bits per heavy atom. The smallest absolute Gasteiger partial charge is 0.421 e. The molecule has 5 nitrogen and oxygen atoms in total. The van der Waals surface area contributed by atoms with Crippen molar-refractivity contribution < 1.29 is 14.3 Å². The zero-order valence-corrected chi connectivity index (χ0v) is 8.12. The molecule has 0 aromatic rings. The SMILES string of the molecule is CCOC(=O)C(=[N+]=[N-])C1=CCNCC1. The first-order chi connectivity index (χ1) is 6.79. The number of carbonyl (C=O) groups is 1. The van der Waals surface area contributed by atoms with Crippen LogP contribution >= 0.6 is 0 Å². The van der Waals surface area contributed by atoms with Gasteiger partial charge in [0.1, 0.15) is 0 Å². The van der Waals surface area contributed by atoms with Crippen LogP contribution in [0.5, 0.6) is 0 Å². The number of carbonyl (C=O) groups excluding carboxylic acids is 1. The number of ether oxygens (including phenoxy) is 1. The van der Waals surface area contributed by atoms with Crippen LogP contribution in [0.25, 0.3) is 5.53 Å². The molecule has 1 heterocycles. The number of hydrogen-bond donors (Lipinski definition) is 1. The van der Waals surface area contributed by atoms with Gasteiger partial charge in [-0.3, -0.25) is 0 Å². The fourth-order valence-corrected chi connectivity index (χ4v) is 1.27. The van der Waals surface area contributed by atoms with E-state index in [1.165, 1.54) is 0 Å². The average Bonchev–Trinajstić information content (AvgIpc) is 2.21. The number of nitrogens with zero attached hydrogens (tertiary/aromatic N) is 2. The first-order valence-electron chi connectivity index (χ1n) is 4.59. The first-order valence-corrected chi connectivity index (χ1v) is 4.59. The van der Waals surface area contributed by atoms with E-state index in [0.717, 1.165) is 12.1 Å². The molecule has 0 aromatic heterocycles. The molecule has 0 atom stereocenters. The van der Waals surface area contributed by atoms with Crippen molar-refractivity contribution in [2.45, 2.75) is 13.3 Å². The van der Waals surface area contributed by atoms with Gasteiger partial charge in [-0.15, -0.1) is 0 Å². The summed E-state index contributed by atoms with van der Waals surface area (Å²) in [6.07, 6.45) is 2.51. The summed E-state index contributed by atoms with van der Waals surface area (Å²) in [6, 6.07) is 0. The van der Waals surface area contributed by atoms with Crippen molar-refractivity contribution in [1.29, 1.82) is 0 Å². The molecule has 1 aliphatic heterocycles. The van der Waals surface area contributed by atoms with Crippen LogP contribution in [-0.4, -0.2) is 36.2 Å². The lowest BCUT2D eigenvalue weighted by molar-refractivity contribution is -0.139.